The normalized spacial score (nSPS) is 10.9. The number of aryl methyl sites for hydroxylation is 2. The molecule has 2 aromatic heterocycles. The van der Waals surface area contributed by atoms with Crippen molar-refractivity contribution in [1.29, 1.82) is 0 Å². The van der Waals surface area contributed by atoms with Crippen molar-refractivity contribution in [3.05, 3.63) is 105 Å². The van der Waals surface area contributed by atoms with Crippen molar-refractivity contribution in [3.8, 4) is 0 Å². The molecule has 0 radical (unpaired) electrons. The Morgan fingerprint density at radius 1 is 0.970 bits per heavy atom. The summed E-state index contributed by atoms with van der Waals surface area (Å²) < 4.78 is 29.5. The van der Waals surface area contributed by atoms with Crippen LogP contribution in [0.4, 0.5) is 14.5 Å². The van der Waals surface area contributed by atoms with Gasteiger partial charge in [-0.2, -0.15) is 0 Å². The molecule has 0 aliphatic rings. The molecule has 0 saturated carbocycles. The Kier molecular flexibility index (Phi) is 5.83. The van der Waals surface area contributed by atoms with Gasteiger partial charge in [0, 0.05) is 35.2 Å². The van der Waals surface area contributed by atoms with Crippen LogP contribution in [0.25, 0.3) is 10.9 Å². The molecule has 0 aliphatic carbocycles. The number of anilines is 1. The number of carbonyl (C=O) groups is 2. The van der Waals surface area contributed by atoms with E-state index in [9.17, 15) is 23.2 Å². The molecule has 4 aromatic rings. The monoisotopic (exact) mass is 447 g/mol. The molecule has 1 N–H and O–H groups in total. The fourth-order valence-corrected chi connectivity index (χ4v) is 3.50. The number of amides is 1. The standard InChI is InChI=1S/C25H19F2N3O3/c1-14-3-4-17(10-20(14)26)29-23(31)13-30-12-19(24(32)16-5-7-28-8-6-16)25(33)18-9-15(2)21(27)11-22(18)30/h3-12H,13H2,1-2H3,(H,29,31). The van der Waals surface area contributed by atoms with Crippen molar-refractivity contribution < 1.29 is 18.4 Å². The number of hydrogen-bond donors (Lipinski definition) is 1. The summed E-state index contributed by atoms with van der Waals surface area (Å²) in [5.41, 5.74) is 0.624. The van der Waals surface area contributed by atoms with E-state index in [0.29, 0.717) is 5.56 Å². The minimum Gasteiger partial charge on any atom is -0.337 e. The molecule has 4 rings (SSSR count). The van der Waals surface area contributed by atoms with Gasteiger partial charge in [-0.15, -0.1) is 0 Å². The molecule has 8 heteroatoms. The van der Waals surface area contributed by atoms with Crippen LogP contribution in [0.1, 0.15) is 27.0 Å². The summed E-state index contributed by atoms with van der Waals surface area (Å²) in [4.78, 5) is 42.7. The van der Waals surface area contributed by atoms with Crippen LogP contribution in [0.5, 0.6) is 0 Å². The average Bonchev–Trinajstić information content (AvgIpc) is 2.79. The van der Waals surface area contributed by atoms with Gasteiger partial charge in [-0.05, 0) is 61.4 Å². The summed E-state index contributed by atoms with van der Waals surface area (Å²) in [5.74, 6) is -2.10. The largest absolute Gasteiger partial charge is 0.337 e. The van der Waals surface area contributed by atoms with E-state index in [0.717, 1.165) is 6.07 Å². The van der Waals surface area contributed by atoms with Crippen LogP contribution >= 0.6 is 0 Å². The topological polar surface area (TPSA) is 81.1 Å². The van der Waals surface area contributed by atoms with Gasteiger partial charge in [0.1, 0.15) is 18.2 Å². The number of benzene rings is 2. The van der Waals surface area contributed by atoms with E-state index < -0.39 is 28.8 Å². The zero-order valence-corrected chi connectivity index (χ0v) is 17.9. The van der Waals surface area contributed by atoms with E-state index in [1.54, 1.807) is 13.0 Å². The van der Waals surface area contributed by atoms with Crippen LogP contribution < -0.4 is 10.7 Å². The number of nitrogens with one attached hydrogen (secondary N) is 1. The van der Waals surface area contributed by atoms with Gasteiger partial charge < -0.3 is 9.88 Å². The van der Waals surface area contributed by atoms with Crippen molar-refractivity contribution in [3.63, 3.8) is 0 Å². The molecular weight excluding hydrogens is 428 g/mol. The quantitative estimate of drug-likeness (QED) is 0.466. The van der Waals surface area contributed by atoms with Gasteiger partial charge in [0.2, 0.25) is 11.3 Å². The molecule has 1 amide bonds. The summed E-state index contributed by atoms with van der Waals surface area (Å²) in [6.45, 7) is 2.78. The highest BCUT2D eigenvalue weighted by Crippen LogP contribution is 2.19. The van der Waals surface area contributed by atoms with Crippen LogP contribution in [0.2, 0.25) is 0 Å². The Hall–Kier alpha value is -4.20. The van der Waals surface area contributed by atoms with E-state index in [1.165, 1.54) is 60.4 Å². The number of hydrogen-bond acceptors (Lipinski definition) is 4. The number of fused-ring (bicyclic) bond motifs is 1. The lowest BCUT2D eigenvalue weighted by molar-refractivity contribution is -0.116. The number of carbonyl (C=O) groups excluding carboxylic acids is 2. The van der Waals surface area contributed by atoms with Gasteiger partial charge in [0.25, 0.3) is 0 Å². The van der Waals surface area contributed by atoms with Crippen LogP contribution in [-0.2, 0) is 11.3 Å². The Bertz CT molecular complexity index is 1460. The number of pyridine rings is 2. The van der Waals surface area contributed by atoms with Crippen molar-refractivity contribution in [2.45, 2.75) is 20.4 Å². The first-order valence-electron chi connectivity index (χ1n) is 10.1. The SMILES string of the molecule is Cc1ccc(NC(=O)Cn2cc(C(=O)c3ccncc3)c(=O)c3cc(C)c(F)cc32)cc1F. The van der Waals surface area contributed by atoms with Crippen LogP contribution in [0.15, 0.2) is 65.8 Å². The highest BCUT2D eigenvalue weighted by Gasteiger charge is 2.19. The lowest BCUT2D eigenvalue weighted by Crippen LogP contribution is -2.24. The fourth-order valence-electron chi connectivity index (χ4n) is 3.50. The van der Waals surface area contributed by atoms with Crippen molar-refractivity contribution in [2.24, 2.45) is 0 Å². The van der Waals surface area contributed by atoms with Crippen LogP contribution in [0, 0.1) is 25.5 Å². The molecule has 2 aromatic carbocycles. The van der Waals surface area contributed by atoms with E-state index in [-0.39, 0.29) is 39.8 Å². The van der Waals surface area contributed by atoms with Crippen molar-refractivity contribution >= 4 is 28.3 Å². The summed E-state index contributed by atoms with van der Waals surface area (Å²) in [5, 5.41) is 2.69. The highest BCUT2D eigenvalue weighted by atomic mass is 19.1. The number of rotatable bonds is 5. The second-order valence-corrected chi connectivity index (χ2v) is 7.70. The molecule has 0 fully saturated rings. The molecule has 0 unspecified atom stereocenters. The van der Waals surface area contributed by atoms with E-state index in [1.807, 2.05) is 0 Å². The predicted octanol–water partition coefficient (Wildman–Crippen LogP) is 4.16. The molecule has 0 spiro atoms. The highest BCUT2D eigenvalue weighted by molar-refractivity contribution is 6.10. The molecular formula is C25H19F2N3O3. The van der Waals surface area contributed by atoms with Gasteiger partial charge in [-0.25, -0.2) is 8.78 Å². The second-order valence-electron chi connectivity index (χ2n) is 7.70. The number of halogens is 2. The first kappa shape index (κ1) is 22.0. The Balaban J connectivity index is 1.78. The van der Waals surface area contributed by atoms with Crippen molar-refractivity contribution in [2.75, 3.05) is 5.32 Å². The molecule has 33 heavy (non-hydrogen) atoms. The molecule has 6 nitrogen and oxygen atoms in total. The number of aromatic nitrogens is 2. The zero-order chi connectivity index (χ0) is 23.7. The predicted molar refractivity (Wildman–Crippen MR) is 120 cm³/mol. The van der Waals surface area contributed by atoms with E-state index in [2.05, 4.69) is 10.3 Å². The molecule has 0 saturated heterocycles. The molecule has 0 atom stereocenters. The minimum atomic E-state index is -0.563. The van der Waals surface area contributed by atoms with E-state index in [4.69, 9.17) is 0 Å². The van der Waals surface area contributed by atoms with Crippen LogP contribution in [0.3, 0.4) is 0 Å². The third-order valence-electron chi connectivity index (χ3n) is 5.32. The molecule has 166 valence electrons. The Morgan fingerprint density at radius 2 is 1.67 bits per heavy atom. The van der Waals surface area contributed by atoms with Gasteiger partial charge in [0.15, 0.2) is 5.78 Å². The summed E-state index contributed by atoms with van der Waals surface area (Å²) in [6, 6.07) is 9.75. The number of ketones is 1. The smallest absolute Gasteiger partial charge is 0.244 e. The molecule has 0 bridgehead atoms. The summed E-state index contributed by atoms with van der Waals surface area (Å²) in [6.07, 6.45) is 4.11. The maximum Gasteiger partial charge on any atom is 0.244 e. The zero-order valence-electron chi connectivity index (χ0n) is 17.9. The lowest BCUT2D eigenvalue weighted by atomic mass is 10.0. The minimum absolute atomic E-state index is 0.114. The fraction of sp³-hybridized carbons (Fsp3) is 0.120. The summed E-state index contributed by atoms with van der Waals surface area (Å²) >= 11 is 0. The van der Waals surface area contributed by atoms with Crippen molar-refractivity contribution in [1.82, 2.24) is 9.55 Å². The maximum atomic E-state index is 14.3. The van der Waals surface area contributed by atoms with Gasteiger partial charge >= 0.3 is 0 Å². The third-order valence-corrected chi connectivity index (χ3v) is 5.32. The molecule has 2 heterocycles. The second kappa shape index (κ2) is 8.74. The van der Waals surface area contributed by atoms with E-state index >= 15 is 0 Å². The van der Waals surface area contributed by atoms with Gasteiger partial charge in [0.05, 0.1) is 11.1 Å². The average molecular weight is 447 g/mol. The first-order valence-corrected chi connectivity index (χ1v) is 10.1. The van der Waals surface area contributed by atoms with Crippen LogP contribution in [-0.4, -0.2) is 21.2 Å². The van der Waals surface area contributed by atoms with Gasteiger partial charge in [-0.3, -0.25) is 19.4 Å². The maximum absolute atomic E-state index is 14.3. The lowest BCUT2D eigenvalue weighted by Gasteiger charge is -2.14. The Labute approximate surface area is 187 Å². The summed E-state index contributed by atoms with van der Waals surface area (Å²) in [7, 11) is 0. The first-order chi connectivity index (χ1) is 15.7. The third kappa shape index (κ3) is 4.41. The van der Waals surface area contributed by atoms with Gasteiger partial charge in [-0.1, -0.05) is 6.07 Å². The number of nitrogens with zero attached hydrogens (tertiary/aromatic N) is 2. The Morgan fingerprint density at radius 3 is 2.36 bits per heavy atom. The molecule has 0 aliphatic heterocycles.